The van der Waals surface area contributed by atoms with E-state index in [0.29, 0.717) is 10.9 Å². The van der Waals surface area contributed by atoms with Gasteiger partial charge in [0, 0.05) is 11.6 Å². The van der Waals surface area contributed by atoms with Crippen LogP contribution < -0.4 is 5.32 Å². The summed E-state index contributed by atoms with van der Waals surface area (Å²) in [6, 6.07) is 4.64. The van der Waals surface area contributed by atoms with Gasteiger partial charge in [-0.1, -0.05) is 17.7 Å². The van der Waals surface area contributed by atoms with Gasteiger partial charge in [-0.05, 0) is 36.6 Å². The van der Waals surface area contributed by atoms with E-state index in [9.17, 15) is 4.39 Å². The highest BCUT2D eigenvalue weighted by molar-refractivity contribution is 6.31. The predicted octanol–water partition coefficient (Wildman–Crippen LogP) is 2.56. The first-order chi connectivity index (χ1) is 6.27. The Hall–Kier alpha value is -0.600. The lowest BCUT2D eigenvalue weighted by molar-refractivity contribution is 0.625. The number of halogens is 2. The zero-order valence-corrected chi connectivity index (χ0v) is 7.94. The predicted molar refractivity (Wildman–Crippen MR) is 51.6 cm³/mol. The van der Waals surface area contributed by atoms with Crippen LogP contribution in [0.15, 0.2) is 18.2 Å². The largest absolute Gasteiger partial charge is 0.316 e. The molecular formula is C10H11ClFN. The van der Waals surface area contributed by atoms with Crippen molar-refractivity contribution in [3.8, 4) is 0 Å². The Kier molecular flexibility index (Phi) is 2.51. The molecule has 0 aliphatic carbocycles. The van der Waals surface area contributed by atoms with Crippen molar-refractivity contribution >= 4 is 11.6 Å². The van der Waals surface area contributed by atoms with Crippen LogP contribution in [0.25, 0.3) is 0 Å². The molecule has 1 saturated heterocycles. The molecule has 0 aromatic heterocycles. The highest BCUT2D eigenvalue weighted by Gasteiger charge is 2.18. The number of rotatable bonds is 1. The van der Waals surface area contributed by atoms with Gasteiger partial charge < -0.3 is 5.32 Å². The summed E-state index contributed by atoms with van der Waals surface area (Å²) in [7, 11) is 0. The monoisotopic (exact) mass is 199 g/mol. The number of hydrogen-bond donors (Lipinski definition) is 1. The quantitative estimate of drug-likeness (QED) is 0.733. The van der Waals surface area contributed by atoms with Crippen molar-refractivity contribution in [3.05, 3.63) is 34.6 Å². The first-order valence-electron chi connectivity index (χ1n) is 4.43. The second-order valence-corrected chi connectivity index (χ2v) is 3.76. The molecule has 0 amide bonds. The van der Waals surface area contributed by atoms with Crippen LogP contribution >= 0.6 is 11.6 Å². The lowest BCUT2D eigenvalue weighted by atomic mass is 9.98. The maximum atomic E-state index is 12.7. The standard InChI is InChI=1S/C10H11ClFN/c11-10-5-8(12)1-2-9(10)7-3-4-13-6-7/h1-2,5,7,13H,3-4,6H2/t7-/m1/s1. The van der Waals surface area contributed by atoms with Crippen molar-refractivity contribution in [1.82, 2.24) is 5.32 Å². The Morgan fingerprint density at radius 3 is 2.92 bits per heavy atom. The van der Waals surface area contributed by atoms with Gasteiger partial charge in [0.05, 0.1) is 0 Å². The molecule has 1 aromatic carbocycles. The van der Waals surface area contributed by atoms with E-state index in [0.717, 1.165) is 25.1 Å². The highest BCUT2D eigenvalue weighted by atomic mass is 35.5. The lowest BCUT2D eigenvalue weighted by Crippen LogP contribution is -2.08. The zero-order chi connectivity index (χ0) is 9.26. The number of hydrogen-bond acceptors (Lipinski definition) is 1. The maximum Gasteiger partial charge on any atom is 0.124 e. The number of benzene rings is 1. The van der Waals surface area contributed by atoms with Crippen LogP contribution in [0.4, 0.5) is 4.39 Å². The molecule has 0 bridgehead atoms. The van der Waals surface area contributed by atoms with Crippen LogP contribution in [0.1, 0.15) is 17.9 Å². The molecule has 0 unspecified atom stereocenters. The minimum absolute atomic E-state index is 0.264. The van der Waals surface area contributed by atoms with Crippen molar-refractivity contribution in [2.75, 3.05) is 13.1 Å². The minimum Gasteiger partial charge on any atom is -0.316 e. The molecule has 1 heterocycles. The first-order valence-corrected chi connectivity index (χ1v) is 4.81. The average Bonchev–Trinajstić information content (AvgIpc) is 2.56. The third-order valence-corrected chi connectivity index (χ3v) is 2.79. The van der Waals surface area contributed by atoms with Gasteiger partial charge in [-0.15, -0.1) is 0 Å². The summed E-state index contributed by atoms with van der Waals surface area (Å²) in [4.78, 5) is 0. The molecule has 0 spiro atoms. The van der Waals surface area contributed by atoms with Gasteiger partial charge in [-0.25, -0.2) is 4.39 Å². The molecule has 2 rings (SSSR count). The summed E-state index contributed by atoms with van der Waals surface area (Å²) in [5, 5.41) is 3.81. The third-order valence-electron chi connectivity index (χ3n) is 2.46. The van der Waals surface area contributed by atoms with E-state index in [-0.39, 0.29) is 5.82 Å². The summed E-state index contributed by atoms with van der Waals surface area (Å²) in [6.07, 6.45) is 1.09. The maximum absolute atomic E-state index is 12.7. The molecule has 13 heavy (non-hydrogen) atoms. The van der Waals surface area contributed by atoms with Gasteiger partial charge in [0.25, 0.3) is 0 Å². The van der Waals surface area contributed by atoms with Gasteiger partial charge in [0.15, 0.2) is 0 Å². The van der Waals surface area contributed by atoms with Gasteiger partial charge in [-0.3, -0.25) is 0 Å². The minimum atomic E-state index is -0.264. The van der Waals surface area contributed by atoms with Crippen LogP contribution in [0.3, 0.4) is 0 Å². The Morgan fingerprint density at radius 2 is 2.31 bits per heavy atom. The third kappa shape index (κ3) is 1.84. The van der Waals surface area contributed by atoms with E-state index >= 15 is 0 Å². The van der Waals surface area contributed by atoms with Crippen molar-refractivity contribution in [1.29, 1.82) is 0 Å². The smallest absolute Gasteiger partial charge is 0.124 e. The Balaban J connectivity index is 2.29. The van der Waals surface area contributed by atoms with Crippen LogP contribution in [0.2, 0.25) is 5.02 Å². The second kappa shape index (κ2) is 3.64. The molecule has 1 aliphatic rings. The Morgan fingerprint density at radius 1 is 1.46 bits per heavy atom. The zero-order valence-electron chi connectivity index (χ0n) is 7.19. The molecule has 1 N–H and O–H groups in total. The van der Waals surface area contributed by atoms with Crippen molar-refractivity contribution in [3.63, 3.8) is 0 Å². The first kappa shape index (κ1) is 8.97. The SMILES string of the molecule is Fc1ccc([C@@H]2CCNC2)c(Cl)c1. The molecule has 1 nitrogen and oxygen atoms in total. The number of nitrogens with one attached hydrogen (secondary N) is 1. The van der Waals surface area contributed by atoms with E-state index in [1.54, 1.807) is 6.07 Å². The van der Waals surface area contributed by atoms with Crippen molar-refractivity contribution in [2.24, 2.45) is 0 Å². The Bertz CT molecular complexity index is 308. The van der Waals surface area contributed by atoms with Gasteiger partial charge in [-0.2, -0.15) is 0 Å². The van der Waals surface area contributed by atoms with Crippen molar-refractivity contribution in [2.45, 2.75) is 12.3 Å². The lowest BCUT2D eigenvalue weighted by Gasteiger charge is -2.10. The molecule has 0 radical (unpaired) electrons. The molecule has 0 saturated carbocycles. The molecule has 1 fully saturated rings. The van der Waals surface area contributed by atoms with E-state index < -0.39 is 0 Å². The fourth-order valence-electron chi connectivity index (χ4n) is 1.75. The normalized spacial score (nSPS) is 22.2. The van der Waals surface area contributed by atoms with Gasteiger partial charge in [0.2, 0.25) is 0 Å². The summed E-state index contributed by atoms with van der Waals surface area (Å²) >= 11 is 5.94. The van der Waals surface area contributed by atoms with Crippen LogP contribution in [0.5, 0.6) is 0 Å². The van der Waals surface area contributed by atoms with Crippen molar-refractivity contribution < 1.29 is 4.39 Å². The summed E-state index contributed by atoms with van der Waals surface area (Å²) < 4.78 is 12.7. The van der Waals surface area contributed by atoms with E-state index in [2.05, 4.69) is 5.32 Å². The molecule has 3 heteroatoms. The fourth-order valence-corrected chi connectivity index (χ4v) is 2.07. The summed E-state index contributed by atoms with van der Waals surface area (Å²) in [5.41, 5.74) is 1.06. The Labute approximate surface area is 81.9 Å². The molecule has 1 aromatic rings. The molecule has 70 valence electrons. The highest BCUT2D eigenvalue weighted by Crippen LogP contribution is 2.29. The van der Waals surface area contributed by atoms with Crippen LogP contribution in [-0.4, -0.2) is 13.1 Å². The van der Waals surface area contributed by atoms with Gasteiger partial charge >= 0.3 is 0 Å². The fraction of sp³-hybridized carbons (Fsp3) is 0.400. The van der Waals surface area contributed by atoms with E-state index in [4.69, 9.17) is 11.6 Å². The molecular weight excluding hydrogens is 189 g/mol. The molecule has 1 atom stereocenters. The second-order valence-electron chi connectivity index (χ2n) is 3.36. The summed E-state index contributed by atoms with van der Waals surface area (Å²) in [5.74, 6) is 0.188. The topological polar surface area (TPSA) is 12.0 Å². The average molecular weight is 200 g/mol. The molecule has 1 aliphatic heterocycles. The van der Waals surface area contributed by atoms with Gasteiger partial charge in [0.1, 0.15) is 5.82 Å². The van der Waals surface area contributed by atoms with Crippen LogP contribution in [-0.2, 0) is 0 Å². The van der Waals surface area contributed by atoms with Crippen LogP contribution in [0, 0.1) is 5.82 Å². The van der Waals surface area contributed by atoms with E-state index in [1.165, 1.54) is 12.1 Å². The summed E-state index contributed by atoms with van der Waals surface area (Å²) in [6.45, 7) is 1.98. The van der Waals surface area contributed by atoms with E-state index in [1.807, 2.05) is 0 Å².